The highest BCUT2D eigenvalue weighted by Gasteiger charge is 2.04. The molecular weight excluding hydrogens is 220 g/mol. The van der Waals surface area contributed by atoms with E-state index in [2.05, 4.69) is 54.6 Å². The van der Waals surface area contributed by atoms with Crippen LogP contribution in [0.3, 0.4) is 0 Å². The molecule has 0 spiro atoms. The largest absolute Gasteiger partial charge is 0.361 e. The number of hydrogen-bond acceptors (Lipinski definition) is 1. The first-order valence-electron chi connectivity index (χ1n) is 7.09. The van der Waals surface area contributed by atoms with Crippen LogP contribution in [0.4, 0.5) is 0 Å². The molecule has 0 saturated heterocycles. The molecule has 1 atom stereocenters. The molecule has 0 aliphatic rings. The predicted molar refractivity (Wildman–Crippen MR) is 79.0 cm³/mol. The molecule has 0 amide bonds. The van der Waals surface area contributed by atoms with Gasteiger partial charge in [0.1, 0.15) is 0 Å². The summed E-state index contributed by atoms with van der Waals surface area (Å²) in [5.41, 5.74) is 2.66. The van der Waals surface area contributed by atoms with E-state index in [0.717, 1.165) is 13.0 Å². The summed E-state index contributed by atoms with van der Waals surface area (Å²) in [6, 6.07) is 9.15. The molecule has 0 aliphatic carbocycles. The van der Waals surface area contributed by atoms with Crippen LogP contribution in [0.15, 0.2) is 30.5 Å². The van der Waals surface area contributed by atoms with Crippen molar-refractivity contribution in [2.45, 2.75) is 45.6 Å². The Labute approximate surface area is 110 Å². The molecular formula is C16H24N2. The van der Waals surface area contributed by atoms with Gasteiger partial charge in [-0.25, -0.2) is 0 Å². The summed E-state index contributed by atoms with van der Waals surface area (Å²) in [5, 5.41) is 4.97. The van der Waals surface area contributed by atoms with Crippen LogP contribution in [0.1, 0.15) is 38.7 Å². The normalized spacial score (nSPS) is 13.0. The van der Waals surface area contributed by atoms with Crippen molar-refractivity contribution in [2.24, 2.45) is 0 Å². The third-order valence-corrected chi connectivity index (χ3v) is 3.55. The lowest BCUT2D eigenvalue weighted by Gasteiger charge is -2.12. The summed E-state index contributed by atoms with van der Waals surface area (Å²) in [7, 11) is 0. The standard InChI is InChI=1S/C16H24N2/c1-3-4-7-13(2)17-11-10-14-12-18-16-9-6-5-8-15(14)16/h5-6,8-9,12-13,17-18H,3-4,7,10-11H2,1-2H3. The molecule has 1 heterocycles. The van der Waals surface area contributed by atoms with Crippen molar-refractivity contribution in [1.29, 1.82) is 0 Å². The Kier molecular flexibility index (Phi) is 4.82. The van der Waals surface area contributed by atoms with Crippen LogP contribution < -0.4 is 5.32 Å². The van der Waals surface area contributed by atoms with E-state index in [4.69, 9.17) is 0 Å². The van der Waals surface area contributed by atoms with Gasteiger partial charge < -0.3 is 10.3 Å². The number of nitrogens with one attached hydrogen (secondary N) is 2. The topological polar surface area (TPSA) is 27.8 Å². The molecule has 0 saturated carbocycles. The number of H-pyrrole nitrogens is 1. The van der Waals surface area contributed by atoms with E-state index in [1.807, 2.05) is 0 Å². The molecule has 2 rings (SSSR count). The second-order valence-corrected chi connectivity index (χ2v) is 5.11. The number of para-hydroxylation sites is 1. The van der Waals surface area contributed by atoms with Gasteiger partial charge in [-0.2, -0.15) is 0 Å². The average Bonchev–Trinajstić information content (AvgIpc) is 2.80. The minimum Gasteiger partial charge on any atom is -0.361 e. The number of rotatable bonds is 7. The molecule has 0 fully saturated rings. The van der Waals surface area contributed by atoms with Gasteiger partial charge >= 0.3 is 0 Å². The summed E-state index contributed by atoms with van der Waals surface area (Å²) >= 11 is 0. The number of aromatic amines is 1. The lowest BCUT2D eigenvalue weighted by Crippen LogP contribution is -2.27. The third kappa shape index (κ3) is 3.36. The van der Waals surface area contributed by atoms with Crippen molar-refractivity contribution in [2.75, 3.05) is 6.54 Å². The lowest BCUT2D eigenvalue weighted by molar-refractivity contribution is 0.499. The van der Waals surface area contributed by atoms with Crippen LogP contribution in [0.2, 0.25) is 0 Å². The van der Waals surface area contributed by atoms with Crippen molar-refractivity contribution in [3.8, 4) is 0 Å². The molecule has 2 aromatic rings. The minimum atomic E-state index is 0.634. The zero-order valence-corrected chi connectivity index (χ0v) is 11.5. The van der Waals surface area contributed by atoms with E-state index in [1.165, 1.54) is 35.7 Å². The minimum absolute atomic E-state index is 0.634. The second kappa shape index (κ2) is 6.60. The van der Waals surface area contributed by atoms with E-state index in [9.17, 15) is 0 Å². The molecule has 1 unspecified atom stereocenters. The number of hydrogen-bond donors (Lipinski definition) is 2. The molecule has 98 valence electrons. The van der Waals surface area contributed by atoms with Gasteiger partial charge in [0.2, 0.25) is 0 Å². The maximum Gasteiger partial charge on any atom is 0.0456 e. The summed E-state index contributed by atoms with van der Waals surface area (Å²) in [5.74, 6) is 0. The number of unbranched alkanes of at least 4 members (excludes halogenated alkanes) is 1. The average molecular weight is 244 g/mol. The fourth-order valence-electron chi connectivity index (χ4n) is 2.40. The summed E-state index contributed by atoms with van der Waals surface area (Å²) in [4.78, 5) is 3.33. The van der Waals surface area contributed by atoms with Gasteiger partial charge in [-0.1, -0.05) is 38.0 Å². The highest BCUT2D eigenvalue weighted by Crippen LogP contribution is 2.17. The van der Waals surface area contributed by atoms with E-state index >= 15 is 0 Å². The zero-order valence-electron chi connectivity index (χ0n) is 11.5. The Bertz CT molecular complexity index is 473. The number of aromatic nitrogens is 1. The van der Waals surface area contributed by atoms with Crippen LogP contribution in [0, 0.1) is 0 Å². The fourth-order valence-corrected chi connectivity index (χ4v) is 2.40. The van der Waals surface area contributed by atoms with E-state index in [-0.39, 0.29) is 0 Å². The van der Waals surface area contributed by atoms with Crippen molar-refractivity contribution >= 4 is 10.9 Å². The van der Waals surface area contributed by atoms with Crippen LogP contribution in [0.25, 0.3) is 10.9 Å². The monoisotopic (exact) mass is 244 g/mol. The maximum absolute atomic E-state index is 3.61. The second-order valence-electron chi connectivity index (χ2n) is 5.11. The van der Waals surface area contributed by atoms with Gasteiger partial charge in [-0.3, -0.25) is 0 Å². The molecule has 18 heavy (non-hydrogen) atoms. The number of benzene rings is 1. The first-order chi connectivity index (χ1) is 8.81. The van der Waals surface area contributed by atoms with E-state index in [0.29, 0.717) is 6.04 Å². The highest BCUT2D eigenvalue weighted by molar-refractivity contribution is 5.83. The Hall–Kier alpha value is -1.28. The zero-order chi connectivity index (χ0) is 12.8. The quantitative estimate of drug-likeness (QED) is 0.760. The summed E-state index contributed by atoms with van der Waals surface area (Å²) < 4.78 is 0. The molecule has 0 radical (unpaired) electrons. The van der Waals surface area contributed by atoms with Crippen LogP contribution in [0.5, 0.6) is 0 Å². The van der Waals surface area contributed by atoms with Gasteiger partial charge in [0.05, 0.1) is 0 Å². The molecule has 0 bridgehead atoms. The molecule has 2 N–H and O–H groups in total. The first kappa shape index (κ1) is 13.2. The van der Waals surface area contributed by atoms with Crippen LogP contribution in [-0.4, -0.2) is 17.6 Å². The van der Waals surface area contributed by atoms with E-state index in [1.54, 1.807) is 0 Å². The van der Waals surface area contributed by atoms with Crippen LogP contribution >= 0.6 is 0 Å². The van der Waals surface area contributed by atoms with Gasteiger partial charge in [-0.15, -0.1) is 0 Å². The molecule has 1 aromatic heterocycles. The fraction of sp³-hybridized carbons (Fsp3) is 0.500. The lowest BCUT2D eigenvalue weighted by atomic mass is 10.1. The Morgan fingerprint density at radius 2 is 2.11 bits per heavy atom. The van der Waals surface area contributed by atoms with E-state index < -0.39 is 0 Å². The SMILES string of the molecule is CCCCC(C)NCCc1c[nH]c2ccccc12. The van der Waals surface area contributed by atoms with Gasteiger partial charge in [0.25, 0.3) is 0 Å². The first-order valence-corrected chi connectivity index (χ1v) is 7.09. The van der Waals surface area contributed by atoms with Gasteiger partial charge in [-0.05, 0) is 37.9 Å². The van der Waals surface area contributed by atoms with Crippen molar-refractivity contribution in [1.82, 2.24) is 10.3 Å². The Balaban J connectivity index is 1.83. The maximum atomic E-state index is 3.61. The number of fused-ring (bicyclic) bond motifs is 1. The predicted octanol–water partition coefficient (Wildman–Crippen LogP) is 3.88. The summed E-state index contributed by atoms with van der Waals surface area (Å²) in [6.07, 6.45) is 7.13. The van der Waals surface area contributed by atoms with Crippen molar-refractivity contribution < 1.29 is 0 Å². The van der Waals surface area contributed by atoms with Gasteiger partial charge in [0.15, 0.2) is 0 Å². The van der Waals surface area contributed by atoms with Crippen molar-refractivity contribution in [3.05, 3.63) is 36.0 Å². The smallest absolute Gasteiger partial charge is 0.0456 e. The molecule has 1 aromatic carbocycles. The van der Waals surface area contributed by atoms with Crippen molar-refractivity contribution in [3.63, 3.8) is 0 Å². The van der Waals surface area contributed by atoms with Crippen LogP contribution in [-0.2, 0) is 6.42 Å². The molecule has 2 nitrogen and oxygen atoms in total. The summed E-state index contributed by atoms with van der Waals surface area (Å²) in [6.45, 7) is 5.59. The Morgan fingerprint density at radius 3 is 2.94 bits per heavy atom. The molecule has 0 aliphatic heterocycles. The highest BCUT2D eigenvalue weighted by atomic mass is 14.9. The third-order valence-electron chi connectivity index (χ3n) is 3.55. The molecule has 2 heteroatoms. The van der Waals surface area contributed by atoms with Gasteiger partial charge in [0, 0.05) is 23.1 Å². The Morgan fingerprint density at radius 1 is 1.28 bits per heavy atom.